The topological polar surface area (TPSA) is 64.2 Å². The molecule has 2 rings (SSSR count). The molecule has 0 saturated heterocycles. The largest absolute Gasteiger partial charge is 0.387 e. The molecule has 1 aromatic heterocycles. The second kappa shape index (κ2) is 3.57. The van der Waals surface area contributed by atoms with Gasteiger partial charge >= 0.3 is 0 Å². The van der Waals surface area contributed by atoms with Crippen LogP contribution in [0.5, 0.6) is 0 Å². The third kappa shape index (κ3) is 1.79. The van der Waals surface area contributed by atoms with E-state index in [1.165, 1.54) is 0 Å². The molecule has 0 radical (unpaired) electrons. The standard InChI is InChI=1S/C10H12N4/c1-7-5-13-9(6-12-7)8-3-2-4-10(11)14-8/h3,5-6H,2,4H2,1H3,(H2,11,14). The van der Waals surface area contributed by atoms with Gasteiger partial charge in [-0.3, -0.25) is 9.97 Å². The highest BCUT2D eigenvalue weighted by atomic mass is 14.9. The fourth-order valence-electron chi connectivity index (χ4n) is 1.30. The molecule has 0 atom stereocenters. The number of nitrogens with two attached hydrogens (primary N) is 1. The van der Waals surface area contributed by atoms with Crippen LogP contribution in [0.2, 0.25) is 0 Å². The van der Waals surface area contributed by atoms with Crippen LogP contribution in [0, 0.1) is 6.92 Å². The van der Waals surface area contributed by atoms with E-state index in [1.54, 1.807) is 12.4 Å². The second-order valence-electron chi connectivity index (χ2n) is 3.27. The molecular weight excluding hydrogens is 176 g/mol. The molecule has 0 fully saturated rings. The fourth-order valence-corrected chi connectivity index (χ4v) is 1.30. The number of aliphatic imine (C=N–C) groups is 1. The molecule has 0 unspecified atom stereocenters. The number of rotatable bonds is 1. The fraction of sp³-hybridized carbons (Fsp3) is 0.300. The third-order valence-corrected chi connectivity index (χ3v) is 2.05. The van der Waals surface area contributed by atoms with E-state index in [0.29, 0.717) is 5.84 Å². The lowest BCUT2D eigenvalue weighted by molar-refractivity contribution is 1.03. The van der Waals surface area contributed by atoms with E-state index >= 15 is 0 Å². The van der Waals surface area contributed by atoms with Gasteiger partial charge in [-0.2, -0.15) is 0 Å². The zero-order chi connectivity index (χ0) is 9.97. The van der Waals surface area contributed by atoms with Crippen LogP contribution in [0.15, 0.2) is 23.5 Å². The van der Waals surface area contributed by atoms with E-state index in [2.05, 4.69) is 15.0 Å². The lowest BCUT2D eigenvalue weighted by Crippen LogP contribution is -2.13. The normalized spacial score (nSPS) is 16.1. The first-order valence-electron chi connectivity index (χ1n) is 4.58. The zero-order valence-corrected chi connectivity index (χ0v) is 8.07. The maximum Gasteiger partial charge on any atom is 0.107 e. The van der Waals surface area contributed by atoms with Crippen molar-refractivity contribution in [2.75, 3.05) is 0 Å². The summed E-state index contributed by atoms with van der Waals surface area (Å²) in [7, 11) is 0. The lowest BCUT2D eigenvalue weighted by Gasteiger charge is -2.08. The highest BCUT2D eigenvalue weighted by Crippen LogP contribution is 2.17. The van der Waals surface area contributed by atoms with Gasteiger partial charge in [-0.1, -0.05) is 6.08 Å². The Balaban J connectivity index is 2.32. The van der Waals surface area contributed by atoms with E-state index in [1.807, 2.05) is 13.0 Å². The summed E-state index contributed by atoms with van der Waals surface area (Å²) in [6.07, 6.45) is 7.26. The van der Waals surface area contributed by atoms with E-state index in [9.17, 15) is 0 Å². The Kier molecular flexibility index (Phi) is 2.26. The summed E-state index contributed by atoms with van der Waals surface area (Å²) in [4.78, 5) is 12.6. The molecular formula is C10H12N4. The summed E-state index contributed by atoms with van der Waals surface area (Å²) in [5.41, 5.74) is 8.18. The van der Waals surface area contributed by atoms with Gasteiger partial charge in [-0.15, -0.1) is 0 Å². The molecule has 0 aromatic carbocycles. The summed E-state index contributed by atoms with van der Waals surface area (Å²) in [6.45, 7) is 1.91. The van der Waals surface area contributed by atoms with Gasteiger partial charge in [-0.25, -0.2) is 4.99 Å². The molecule has 0 aliphatic carbocycles. The zero-order valence-electron chi connectivity index (χ0n) is 8.07. The van der Waals surface area contributed by atoms with Crippen molar-refractivity contribution in [3.05, 3.63) is 29.9 Å². The molecule has 1 aliphatic rings. The molecule has 0 bridgehead atoms. The minimum atomic E-state index is 0.671. The van der Waals surface area contributed by atoms with Gasteiger partial charge in [0.05, 0.1) is 23.4 Å². The van der Waals surface area contributed by atoms with Crippen molar-refractivity contribution in [1.29, 1.82) is 0 Å². The Labute approximate surface area is 82.6 Å². The summed E-state index contributed by atoms with van der Waals surface area (Å²) in [6, 6.07) is 0. The maximum absolute atomic E-state index is 5.65. The van der Waals surface area contributed by atoms with Crippen LogP contribution in [0.25, 0.3) is 5.70 Å². The quantitative estimate of drug-likeness (QED) is 0.722. The van der Waals surface area contributed by atoms with Crippen LogP contribution in [0.4, 0.5) is 0 Å². The van der Waals surface area contributed by atoms with Crippen molar-refractivity contribution >= 4 is 11.5 Å². The predicted molar refractivity (Wildman–Crippen MR) is 55.6 cm³/mol. The first kappa shape index (κ1) is 8.87. The monoisotopic (exact) mass is 188 g/mol. The van der Waals surface area contributed by atoms with Gasteiger partial charge in [-0.05, 0) is 13.3 Å². The molecule has 72 valence electrons. The first-order valence-corrected chi connectivity index (χ1v) is 4.58. The van der Waals surface area contributed by atoms with Gasteiger partial charge in [0.1, 0.15) is 5.69 Å². The number of amidine groups is 1. The SMILES string of the molecule is Cc1cnc(C2=CCCC(N)=N2)cn1. The molecule has 0 saturated carbocycles. The number of aromatic nitrogens is 2. The molecule has 1 aromatic rings. The highest BCUT2D eigenvalue weighted by molar-refractivity contribution is 5.88. The van der Waals surface area contributed by atoms with Crippen LogP contribution < -0.4 is 5.73 Å². The second-order valence-corrected chi connectivity index (χ2v) is 3.27. The van der Waals surface area contributed by atoms with Gasteiger partial charge in [0.15, 0.2) is 0 Å². The number of allylic oxidation sites excluding steroid dienone is 1. The molecule has 4 nitrogen and oxygen atoms in total. The minimum absolute atomic E-state index is 0.671. The first-order chi connectivity index (χ1) is 6.75. The number of hydrogen-bond donors (Lipinski definition) is 1. The Morgan fingerprint density at radius 2 is 2.14 bits per heavy atom. The van der Waals surface area contributed by atoms with E-state index in [-0.39, 0.29) is 0 Å². The van der Waals surface area contributed by atoms with Crippen molar-refractivity contribution in [3.8, 4) is 0 Å². The summed E-state index contributed by atoms with van der Waals surface area (Å²) in [5.74, 6) is 0.671. The minimum Gasteiger partial charge on any atom is -0.387 e. The van der Waals surface area contributed by atoms with Crippen molar-refractivity contribution in [3.63, 3.8) is 0 Å². The van der Waals surface area contributed by atoms with Gasteiger partial charge < -0.3 is 5.73 Å². The van der Waals surface area contributed by atoms with E-state index in [4.69, 9.17) is 5.73 Å². The van der Waals surface area contributed by atoms with Crippen LogP contribution in [0.3, 0.4) is 0 Å². The van der Waals surface area contributed by atoms with Crippen molar-refractivity contribution in [2.45, 2.75) is 19.8 Å². The summed E-state index contributed by atoms with van der Waals surface area (Å²) < 4.78 is 0. The van der Waals surface area contributed by atoms with Gasteiger partial charge in [0.2, 0.25) is 0 Å². The maximum atomic E-state index is 5.65. The number of hydrogen-bond acceptors (Lipinski definition) is 4. The average molecular weight is 188 g/mol. The Bertz CT molecular complexity index is 389. The van der Waals surface area contributed by atoms with Crippen molar-refractivity contribution < 1.29 is 0 Å². The van der Waals surface area contributed by atoms with Crippen molar-refractivity contribution in [1.82, 2.24) is 9.97 Å². The highest BCUT2D eigenvalue weighted by Gasteiger charge is 2.07. The van der Waals surface area contributed by atoms with Crippen molar-refractivity contribution in [2.24, 2.45) is 10.7 Å². The van der Waals surface area contributed by atoms with E-state index < -0.39 is 0 Å². The molecule has 4 heteroatoms. The van der Waals surface area contributed by atoms with Gasteiger partial charge in [0, 0.05) is 12.6 Å². The van der Waals surface area contributed by atoms with E-state index in [0.717, 1.165) is 29.9 Å². The van der Waals surface area contributed by atoms with Crippen LogP contribution in [0.1, 0.15) is 24.2 Å². The van der Waals surface area contributed by atoms with Crippen LogP contribution in [-0.4, -0.2) is 15.8 Å². The Morgan fingerprint density at radius 3 is 2.79 bits per heavy atom. The summed E-state index contributed by atoms with van der Waals surface area (Å²) in [5, 5.41) is 0. The number of nitrogens with zero attached hydrogens (tertiary/aromatic N) is 3. The molecule has 0 amide bonds. The smallest absolute Gasteiger partial charge is 0.107 e. The average Bonchev–Trinajstić information content (AvgIpc) is 2.19. The summed E-state index contributed by atoms with van der Waals surface area (Å²) >= 11 is 0. The molecule has 0 spiro atoms. The van der Waals surface area contributed by atoms with Crippen LogP contribution >= 0.6 is 0 Å². The molecule has 2 N–H and O–H groups in total. The lowest BCUT2D eigenvalue weighted by atomic mass is 10.2. The van der Waals surface area contributed by atoms with Crippen LogP contribution in [-0.2, 0) is 0 Å². The molecule has 1 aliphatic heterocycles. The number of aryl methyl sites for hydroxylation is 1. The molecule has 14 heavy (non-hydrogen) atoms. The third-order valence-electron chi connectivity index (χ3n) is 2.05. The Hall–Kier alpha value is -1.71. The predicted octanol–water partition coefficient (Wildman–Crippen LogP) is 1.28. The Morgan fingerprint density at radius 1 is 1.29 bits per heavy atom. The molecule has 2 heterocycles. The van der Waals surface area contributed by atoms with Gasteiger partial charge in [0.25, 0.3) is 0 Å².